The van der Waals surface area contributed by atoms with E-state index in [0.29, 0.717) is 5.56 Å². The summed E-state index contributed by atoms with van der Waals surface area (Å²) in [7, 11) is 0. The summed E-state index contributed by atoms with van der Waals surface area (Å²) in [6.07, 6.45) is -4.41. The van der Waals surface area contributed by atoms with Crippen LogP contribution in [0.5, 0.6) is 0 Å². The molecular formula is C15H20F3NO2. The Hall–Kier alpha value is -1.56. The van der Waals surface area contributed by atoms with Gasteiger partial charge in [0.05, 0.1) is 13.2 Å². The number of carbonyl (C=O) groups excluding carboxylic acids is 1. The molecule has 0 spiro atoms. The van der Waals surface area contributed by atoms with Gasteiger partial charge in [-0.05, 0) is 33.3 Å². The lowest BCUT2D eigenvalue weighted by molar-refractivity contribution is -0.155. The van der Waals surface area contributed by atoms with Crippen molar-refractivity contribution in [2.75, 3.05) is 13.2 Å². The van der Waals surface area contributed by atoms with Gasteiger partial charge in [-0.2, -0.15) is 13.2 Å². The maximum atomic E-state index is 12.5. The Labute approximate surface area is 122 Å². The van der Waals surface area contributed by atoms with E-state index in [9.17, 15) is 18.0 Å². The van der Waals surface area contributed by atoms with Gasteiger partial charge >= 0.3 is 12.1 Å². The first-order valence-corrected chi connectivity index (χ1v) is 6.66. The van der Waals surface area contributed by atoms with Crippen LogP contribution in [0.25, 0.3) is 0 Å². The van der Waals surface area contributed by atoms with Crippen LogP contribution in [0, 0.1) is 13.8 Å². The molecule has 118 valence electrons. The highest BCUT2D eigenvalue weighted by atomic mass is 19.4. The molecule has 0 saturated carbocycles. The molecule has 21 heavy (non-hydrogen) atoms. The summed E-state index contributed by atoms with van der Waals surface area (Å²) in [5.74, 6) is -0.723. The fraction of sp³-hybridized carbons (Fsp3) is 0.533. The predicted molar refractivity (Wildman–Crippen MR) is 74.0 cm³/mol. The Kier molecular flexibility index (Phi) is 5.39. The van der Waals surface area contributed by atoms with Gasteiger partial charge in [0.2, 0.25) is 0 Å². The van der Waals surface area contributed by atoms with Gasteiger partial charge in [0, 0.05) is 0 Å². The third-order valence-corrected chi connectivity index (χ3v) is 3.13. The number of aryl methyl sites for hydroxylation is 2. The lowest BCUT2D eigenvalue weighted by Gasteiger charge is -2.30. The summed E-state index contributed by atoms with van der Waals surface area (Å²) < 4.78 is 42.4. The Morgan fingerprint density at radius 3 is 2.14 bits per heavy atom. The molecule has 0 aliphatic rings. The first kappa shape index (κ1) is 17.5. The number of rotatable bonds is 5. The highest BCUT2D eigenvalue weighted by Crippen LogP contribution is 2.26. The molecule has 0 bridgehead atoms. The second-order valence-corrected chi connectivity index (χ2v) is 5.19. The molecule has 1 rings (SSSR count). The Balaban J connectivity index is 3.20. The van der Waals surface area contributed by atoms with Crippen LogP contribution in [0.3, 0.4) is 0 Å². The summed E-state index contributed by atoms with van der Waals surface area (Å²) >= 11 is 0. The van der Waals surface area contributed by atoms with Crippen molar-refractivity contribution in [1.29, 1.82) is 0 Å². The van der Waals surface area contributed by atoms with Crippen molar-refractivity contribution in [3.63, 3.8) is 0 Å². The average Bonchev–Trinajstić information content (AvgIpc) is 2.34. The smallest absolute Gasteiger partial charge is 0.401 e. The van der Waals surface area contributed by atoms with Crippen LogP contribution >= 0.6 is 0 Å². The summed E-state index contributed by atoms with van der Waals surface area (Å²) in [5.41, 5.74) is 0.661. The van der Waals surface area contributed by atoms with Gasteiger partial charge in [-0.25, -0.2) is 4.79 Å². The monoisotopic (exact) mass is 303 g/mol. The molecule has 1 N–H and O–H groups in total. The molecular weight excluding hydrogens is 283 g/mol. The van der Waals surface area contributed by atoms with Crippen LogP contribution in [-0.4, -0.2) is 25.3 Å². The molecule has 0 amide bonds. The van der Waals surface area contributed by atoms with Crippen LogP contribution < -0.4 is 5.32 Å². The highest BCUT2D eigenvalue weighted by molar-refractivity contribution is 5.82. The van der Waals surface area contributed by atoms with Gasteiger partial charge in [0.25, 0.3) is 0 Å². The SMILES string of the molecule is CCOC(=O)C(C)(NCC(F)(F)F)c1cc(C)cc(C)c1. The highest BCUT2D eigenvalue weighted by Gasteiger charge is 2.40. The van der Waals surface area contributed by atoms with Crippen molar-refractivity contribution < 1.29 is 22.7 Å². The Morgan fingerprint density at radius 2 is 1.71 bits per heavy atom. The number of halogens is 3. The predicted octanol–water partition coefficient (Wildman–Crippen LogP) is 3.23. The van der Waals surface area contributed by atoms with E-state index in [2.05, 4.69) is 5.32 Å². The minimum Gasteiger partial charge on any atom is -0.464 e. The van der Waals surface area contributed by atoms with E-state index in [-0.39, 0.29) is 6.61 Å². The maximum Gasteiger partial charge on any atom is 0.401 e. The zero-order valence-corrected chi connectivity index (χ0v) is 12.6. The maximum absolute atomic E-state index is 12.5. The molecule has 1 aromatic rings. The molecule has 1 atom stereocenters. The number of benzene rings is 1. The summed E-state index contributed by atoms with van der Waals surface area (Å²) in [4.78, 5) is 12.2. The van der Waals surface area contributed by atoms with Crippen molar-refractivity contribution in [3.05, 3.63) is 34.9 Å². The lowest BCUT2D eigenvalue weighted by Crippen LogP contribution is -2.51. The van der Waals surface area contributed by atoms with Gasteiger partial charge in [-0.1, -0.05) is 29.3 Å². The minimum absolute atomic E-state index is 0.104. The van der Waals surface area contributed by atoms with Gasteiger partial charge < -0.3 is 4.74 Å². The molecule has 0 heterocycles. The number of esters is 1. The first-order valence-electron chi connectivity index (χ1n) is 6.66. The van der Waals surface area contributed by atoms with Crippen molar-refractivity contribution in [1.82, 2.24) is 5.32 Å². The Morgan fingerprint density at radius 1 is 1.19 bits per heavy atom. The van der Waals surface area contributed by atoms with Crippen LogP contribution in [0.1, 0.15) is 30.5 Å². The van der Waals surface area contributed by atoms with E-state index < -0.39 is 24.2 Å². The van der Waals surface area contributed by atoms with E-state index in [1.165, 1.54) is 6.92 Å². The summed E-state index contributed by atoms with van der Waals surface area (Å²) in [6, 6.07) is 5.26. The second kappa shape index (κ2) is 6.47. The van der Waals surface area contributed by atoms with Crippen LogP contribution in [-0.2, 0) is 15.1 Å². The van der Waals surface area contributed by atoms with Gasteiger partial charge in [0.1, 0.15) is 5.54 Å². The molecule has 0 aromatic heterocycles. The number of nitrogens with one attached hydrogen (secondary N) is 1. The van der Waals surface area contributed by atoms with Gasteiger partial charge in [-0.3, -0.25) is 5.32 Å². The fourth-order valence-electron chi connectivity index (χ4n) is 2.11. The average molecular weight is 303 g/mol. The van der Waals surface area contributed by atoms with Crippen LogP contribution in [0.15, 0.2) is 18.2 Å². The van der Waals surface area contributed by atoms with Crippen molar-refractivity contribution >= 4 is 5.97 Å². The second-order valence-electron chi connectivity index (χ2n) is 5.19. The topological polar surface area (TPSA) is 38.3 Å². The molecule has 0 aliphatic heterocycles. The van der Waals surface area contributed by atoms with Crippen LogP contribution in [0.2, 0.25) is 0 Å². The number of hydrogen-bond donors (Lipinski definition) is 1. The number of hydrogen-bond acceptors (Lipinski definition) is 3. The van der Waals surface area contributed by atoms with Gasteiger partial charge in [-0.15, -0.1) is 0 Å². The third-order valence-electron chi connectivity index (χ3n) is 3.13. The molecule has 1 aromatic carbocycles. The zero-order valence-electron chi connectivity index (χ0n) is 12.6. The minimum atomic E-state index is -4.41. The standard InChI is InChI=1S/C15H20F3NO2/c1-5-21-13(20)14(4,19-9-15(16,17)18)12-7-10(2)6-11(3)8-12/h6-8,19H,5,9H2,1-4H3. The van der Waals surface area contributed by atoms with E-state index in [1.807, 2.05) is 19.9 Å². The normalized spacial score (nSPS) is 14.6. The van der Waals surface area contributed by atoms with E-state index in [1.54, 1.807) is 19.1 Å². The van der Waals surface area contributed by atoms with Crippen LogP contribution in [0.4, 0.5) is 13.2 Å². The first-order chi connectivity index (χ1) is 9.58. The largest absolute Gasteiger partial charge is 0.464 e. The third kappa shape index (κ3) is 4.74. The van der Waals surface area contributed by atoms with Crippen molar-refractivity contribution in [2.45, 2.75) is 39.4 Å². The number of alkyl halides is 3. The number of ether oxygens (including phenoxy) is 1. The quantitative estimate of drug-likeness (QED) is 0.849. The van der Waals surface area contributed by atoms with Gasteiger partial charge in [0.15, 0.2) is 0 Å². The van der Waals surface area contributed by atoms with Crippen molar-refractivity contribution in [3.8, 4) is 0 Å². The Bertz CT molecular complexity index is 494. The zero-order chi connectivity index (χ0) is 16.3. The molecule has 0 radical (unpaired) electrons. The molecule has 6 heteroatoms. The van der Waals surface area contributed by atoms with Crippen molar-refractivity contribution in [2.24, 2.45) is 0 Å². The molecule has 0 aliphatic carbocycles. The molecule has 3 nitrogen and oxygen atoms in total. The van der Waals surface area contributed by atoms with E-state index >= 15 is 0 Å². The van der Waals surface area contributed by atoms with E-state index in [4.69, 9.17) is 4.74 Å². The molecule has 0 saturated heterocycles. The molecule has 0 fully saturated rings. The number of carbonyl (C=O) groups is 1. The summed E-state index contributed by atoms with van der Waals surface area (Å²) in [5, 5.41) is 2.29. The lowest BCUT2D eigenvalue weighted by atomic mass is 9.89. The molecule has 1 unspecified atom stereocenters. The van der Waals surface area contributed by atoms with E-state index in [0.717, 1.165) is 11.1 Å². The fourth-order valence-corrected chi connectivity index (χ4v) is 2.11. The summed E-state index contributed by atoms with van der Waals surface area (Å²) in [6.45, 7) is 5.51.